The Morgan fingerprint density at radius 2 is 1.60 bits per heavy atom. The molecule has 0 saturated heterocycles. The number of rotatable bonds is 13. The van der Waals surface area contributed by atoms with Gasteiger partial charge in [-0.2, -0.15) is 0 Å². The third-order valence-electron chi connectivity index (χ3n) is 2.67. The van der Waals surface area contributed by atoms with Crippen LogP contribution in [0.25, 0.3) is 0 Å². The summed E-state index contributed by atoms with van der Waals surface area (Å²) in [6.07, 6.45) is 4.00. The van der Waals surface area contributed by atoms with Crippen LogP contribution in [-0.2, 0) is 4.79 Å². The van der Waals surface area contributed by atoms with Crippen LogP contribution >= 0.6 is 0 Å². The molecule has 0 spiro atoms. The van der Waals surface area contributed by atoms with Crippen LogP contribution in [0.3, 0.4) is 0 Å². The van der Waals surface area contributed by atoms with E-state index in [1.807, 2.05) is 0 Å². The van der Waals surface area contributed by atoms with E-state index in [2.05, 4.69) is 40.1 Å². The molecule has 0 saturated carbocycles. The first-order valence-electron chi connectivity index (χ1n) is 7.18. The van der Waals surface area contributed by atoms with Gasteiger partial charge in [0.05, 0.1) is 0 Å². The van der Waals surface area contributed by atoms with E-state index in [0.717, 1.165) is 51.8 Å². The highest BCUT2D eigenvalue weighted by Crippen LogP contribution is 1.82. The molecule has 0 rings (SSSR count). The molecule has 4 N–H and O–H groups in total. The van der Waals surface area contributed by atoms with Gasteiger partial charge in [-0.05, 0) is 66.1 Å². The van der Waals surface area contributed by atoms with Gasteiger partial charge >= 0.3 is 0 Å². The molecular formula is C13H29N5O2. The molecule has 0 heterocycles. The summed E-state index contributed by atoms with van der Waals surface area (Å²) in [7, 11) is 4.17. The molecule has 0 aromatic carbocycles. The fourth-order valence-electron chi connectivity index (χ4n) is 1.63. The number of carbonyl (C=O) groups is 1. The second kappa shape index (κ2) is 14.2. The SMILES string of the molecule is CN(C)CCCNCCCNCCCNC(=O)/C=N/O. The van der Waals surface area contributed by atoms with Gasteiger partial charge in [0, 0.05) is 6.54 Å². The Hall–Kier alpha value is -1.18. The van der Waals surface area contributed by atoms with Crippen LogP contribution in [-0.4, -0.2) is 75.6 Å². The molecule has 0 fully saturated rings. The van der Waals surface area contributed by atoms with E-state index in [9.17, 15) is 4.79 Å². The molecule has 0 aromatic rings. The van der Waals surface area contributed by atoms with Crippen molar-refractivity contribution in [2.24, 2.45) is 5.16 Å². The summed E-state index contributed by atoms with van der Waals surface area (Å²) in [6.45, 7) is 5.66. The number of hydrogen-bond acceptors (Lipinski definition) is 6. The Bertz CT molecular complexity index is 259. The van der Waals surface area contributed by atoms with E-state index in [-0.39, 0.29) is 5.91 Å². The lowest BCUT2D eigenvalue weighted by molar-refractivity contribution is -0.114. The molecule has 7 heteroatoms. The normalized spacial score (nSPS) is 11.3. The highest BCUT2D eigenvalue weighted by atomic mass is 16.4. The predicted octanol–water partition coefficient (Wildman–Crippen LogP) is -0.526. The van der Waals surface area contributed by atoms with Crippen LogP contribution < -0.4 is 16.0 Å². The average molecular weight is 287 g/mol. The van der Waals surface area contributed by atoms with E-state index in [0.29, 0.717) is 6.54 Å². The van der Waals surface area contributed by atoms with Gasteiger partial charge in [-0.1, -0.05) is 5.16 Å². The summed E-state index contributed by atoms with van der Waals surface area (Å²) in [4.78, 5) is 13.1. The van der Waals surface area contributed by atoms with Crippen molar-refractivity contribution in [2.45, 2.75) is 19.3 Å². The predicted molar refractivity (Wildman–Crippen MR) is 81.4 cm³/mol. The third-order valence-corrected chi connectivity index (χ3v) is 2.67. The largest absolute Gasteiger partial charge is 0.411 e. The molecule has 0 radical (unpaired) electrons. The maximum atomic E-state index is 10.9. The quantitative estimate of drug-likeness (QED) is 0.158. The van der Waals surface area contributed by atoms with Gasteiger partial charge in [0.2, 0.25) is 0 Å². The molecule has 0 aliphatic heterocycles. The van der Waals surface area contributed by atoms with Crippen molar-refractivity contribution in [1.82, 2.24) is 20.9 Å². The summed E-state index contributed by atoms with van der Waals surface area (Å²) in [5.74, 6) is -0.366. The average Bonchev–Trinajstić information content (AvgIpc) is 2.40. The van der Waals surface area contributed by atoms with Gasteiger partial charge in [0.1, 0.15) is 6.21 Å². The summed E-state index contributed by atoms with van der Waals surface area (Å²) in [6, 6.07) is 0. The molecule has 0 aliphatic rings. The minimum atomic E-state index is -0.366. The summed E-state index contributed by atoms with van der Waals surface area (Å²) in [5.41, 5.74) is 0. The Morgan fingerprint density at radius 3 is 2.15 bits per heavy atom. The second-order valence-corrected chi connectivity index (χ2v) is 4.90. The lowest BCUT2D eigenvalue weighted by Gasteiger charge is -2.10. The maximum Gasteiger partial charge on any atom is 0.265 e. The van der Waals surface area contributed by atoms with E-state index in [1.165, 1.54) is 6.42 Å². The lowest BCUT2D eigenvalue weighted by Crippen LogP contribution is -2.29. The Balaban J connectivity index is 3.08. The third kappa shape index (κ3) is 14.9. The first-order valence-corrected chi connectivity index (χ1v) is 7.18. The van der Waals surface area contributed by atoms with Gasteiger partial charge in [0.25, 0.3) is 5.91 Å². The van der Waals surface area contributed by atoms with Crippen molar-refractivity contribution in [1.29, 1.82) is 0 Å². The van der Waals surface area contributed by atoms with Crippen LogP contribution in [0.4, 0.5) is 0 Å². The van der Waals surface area contributed by atoms with Crippen molar-refractivity contribution in [3.63, 3.8) is 0 Å². The first-order chi connectivity index (χ1) is 9.66. The van der Waals surface area contributed by atoms with E-state index >= 15 is 0 Å². The number of hydrogen-bond donors (Lipinski definition) is 4. The van der Waals surface area contributed by atoms with Crippen LogP contribution in [0, 0.1) is 0 Å². The monoisotopic (exact) mass is 287 g/mol. The number of oxime groups is 1. The first kappa shape index (κ1) is 18.8. The molecule has 1 amide bonds. The molecule has 0 aromatic heterocycles. The lowest BCUT2D eigenvalue weighted by atomic mass is 10.3. The minimum absolute atomic E-state index is 0.366. The summed E-state index contributed by atoms with van der Waals surface area (Å²) < 4.78 is 0. The molecule has 0 aliphatic carbocycles. The Labute approximate surface area is 121 Å². The summed E-state index contributed by atoms with van der Waals surface area (Å²) in [5, 5.41) is 20.1. The Morgan fingerprint density at radius 1 is 1.05 bits per heavy atom. The van der Waals surface area contributed by atoms with E-state index < -0.39 is 0 Å². The number of nitrogens with zero attached hydrogens (tertiary/aromatic N) is 2. The van der Waals surface area contributed by atoms with Crippen LogP contribution in [0.15, 0.2) is 5.16 Å². The van der Waals surface area contributed by atoms with Gasteiger partial charge in [0.15, 0.2) is 0 Å². The van der Waals surface area contributed by atoms with Crippen LogP contribution in [0.5, 0.6) is 0 Å². The molecule has 20 heavy (non-hydrogen) atoms. The van der Waals surface area contributed by atoms with Gasteiger partial charge in [-0.15, -0.1) is 0 Å². The fraction of sp³-hybridized carbons (Fsp3) is 0.846. The molecule has 118 valence electrons. The Kier molecular flexibility index (Phi) is 13.4. The molecule has 7 nitrogen and oxygen atoms in total. The second-order valence-electron chi connectivity index (χ2n) is 4.90. The molecule has 0 atom stereocenters. The molecule has 0 bridgehead atoms. The topological polar surface area (TPSA) is 89.0 Å². The maximum absolute atomic E-state index is 10.9. The molecular weight excluding hydrogens is 258 g/mol. The highest BCUT2D eigenvalue weighted by molar-refractivity contribution is 6.25. The van der Waals surface area contributed by atoms with Gasteiger partial charge in [-0.25, -0.2) is 0 Å². The number of amides is 1. The highest BCUT2D eigenvalue weighted by Gasteiger charge is 1.95. The van der Waals surface area contributed by atoms with Gasteiger partial charge in [-0.3, -0.25) is 4.79 Å². The standard InChI is InChI=1S/C13H29N5O2/c1-18(2)11-5-9-15-7-3-6-14-8-4-10-16-13(19)12-17-20/h12,14-15,20H,3-11H2,1-2H3,(H,16,19)/b17-12+. The van der Waals surface area contributed by atoms with Crippen LogP contribution in [0.2, 0.25) is 0 Å². The van der Waals surface area contributed by atoms with Crippen molar-refractivity contribution in [3.05, 3.63) is 0 Å². The zero-order valence-corrected chi connectivity index (χ0v) is 12.7. The zero-order chi connectivity index (χ0) is 15.1. The van der Waals surface area contributed by atoms with Crippen molar-refractivity contribution in [2.75, 3.05) is 53.4 Å². The number of carbonyl (C=O) groups excluding carboxylic acids is 1. The van der Waals surface area contributed by atoms with Crippen molar-refractivity contribution < 1.29 is 10.0 Å². The smallest absolute Gasteiger partial charge is 0.265 e. The van der Waals surface area contributed by atoms with Crippen molar-refractivity contribution in [3.8, 4) is 0 Å². The van der Waals surface area contributed by atoms with E-state index in [4.69, 9.17) is 5.21 Å². The fourth-order valence-corrected chi connectivity index (χ4v) is 1.63. The number of nitrogens with one attached hydrogen (secondary N) is 3. The van der Waals surface area contributed by atoms with Crippen molar-refractivity contribution >= 4 is 12.1 Å². The zero-order valence-electron chi connectivity index (χ0n) is 12.7. The molecule has 0 unspecified atom stereocenters. The summed E-state index contributed by atoms with van der Waals surface area (Å²) >= 11 is 0. The van der Waals surface area contributed by atoms with Crippen LogP contribution in [0.1, 0.15) is 19.3 Å². The minimum Gasteiger partial charge on any atom is -0.411 e. The van der Waals surface area contributed by atoms with Gasteiger partial charge < -0.3 is 26.1 Å². The van der Waals surface area contributed by atoms with E-state index in [1.54, 1.807) is 0 Å².